The van der Waals surface area contributed by atoms with Crippen molar-refractivity contribution in [3.05, 3.63) is 99.3 Å². The van der Waals surface area contributed by atoms with Gasteiger partial charge in [-0.1, -0.05) is 54.1 Å². The Morgan fingerprint density at radius 3 is 2.46 bits per heavy atom. The highest BCUT2D eigenvalue weighted by atomic mass is 35.5. The lowest BCUT2D eigenvalue weighted by molar-refractivity contribution is -0.137. The predicted octanol–water partition coefficient (Wildman–Crippen LogP) is 7.20. The summed E-state index contributed by atoms with van der Waals surface area (Å²) in [5.74, 6) is -0.941. The number of carbonyl (C=O) groups is 1. The van der Waals surface area contributed by atoms with Crippen molar-refractivity contribution in [1.29, 1.82) is 5.26 Å². The zero-order valence-electron chi connectivity index (χ0n) is 19.8. The van der Waals surface area contributed by atoms with Crippen LogP contribution in [0.5, 0.6) is 0 Å². The number of alkyl halides is 3. The first-order valence-corrected chi connectivity index (χ1v) is 12.2. The third-order valence-electron chi connectivity index (χ3n) is 6.28. The van der Waals surface area contributed by atoms with E-state index in [2.05, 4.69) is 5.32 Å². The Kier molecular flexibility index (Phi) is 8.03. The van der Waals surface area contributed by atoms with Crippen LogP contribution in [0, 0.1) is 17.1 Å². The van der Waals surface area contributed by atoms with Crippen molar-refractivity contribution in [2.75, 3.05) is 18.4 Å². The van der Waals surface area contributed by atoms with E-state index in [9.17, 15) is 22.4 Å². The molecular weight excluding hydrogens is 506 g/mol. The van der Waals surface area contributed by atoms with Gasteiger partial charge in [-0.05, 0) is 60.1 Å². The molecule has 37 heavy (non-hydrogen) atoms. The SMILES string of the molecule is N#CCNc1c(Cl)ccc(F)c1C(=O)N(CCc1cccc(C(F)(F)F)c1)Cc1ccc(C2CC2)cc1. The first-order chi connectivity index (χ1) is 17.7. The molecule has 1 fully saturated rings. The van der Waals surface area contributed by atoms with E-state index in [0.717, 1.165) is 36.6 Å². The summed E-state index contributed by atoms with van der Waals surface area (Å²) in [6.45, 7) is -0.0448. The third-order valence-corrected chi connectivity index (χ3v) is 6.59. The third kappa shape index (κ3) is 6.60. The van der Waals surface area contributed by atoms with Crippen molar-refractivity contribution in [2.45, 2.75) is 37.9 Å². The smallest absolute Gasteiger partial charge is 0.370 e. The summed E-state index contributed by atoms with van der Waals surface area (Å²) < 4.78 is 54.5. The zero-order valence-corrected chi connectivity index (χ0v) is 20.5. The second-order valence-corrected chi connectivity index (χ2v) is 9.39. The molecule has 0 aromatic heterocycles. The van der Waals surface area contributed by atoms with E-state index in [1.54, 1.807) is 6.07 Å². The molecule has 1 N–H and O–H groups in total. The van der Waals surface area contributed by atoms with E-state index in [4.69, 9.17) is 16.9 Å². The number of amides is 1. The van der Waals surface area contributed by atoms with Crippen LogP contribution in [0.25, 0.3) is 0 Å². The summed E-state index contributed by atoms with van der Waals surface area (Å²) in [6, 6.07) is 17.0. The fraction of sp³-hybridized carbons (Fsp3) is 0.286. The normalized spacial score (nSPS) is 13.2. The van der Waals surface area contributed by atoms with Gasteiger partial charge < -0.3 is 10.2 Å². The Morgan fingerprint density at radius 1 is 1.08 bits per heavy atom. The highest BCUT2D eigenvalue weighted by Gasteiger charge is 2.31. The number of hydrogen-bond acceptors (Lipinski definition) is 3. The largest absolute Gasteiger partial charge is 0.416 e. The van der Waals surface area contributed by atoms with Gasteiger partial charge in [-0.15, -0.1) is 0 Å². The fourth-order valence-electron chi connectivity index (χ4n) is 4.17. The summed E-state index contributed by atoms with van der Waals surface area (Å²) >= 11 is 6.22. The van der Waals surface area contributed by atoms with Gasteiger partial charge in [0.1, 0.15) is 12.4 Å². The number of nitriles is 1. The number of hydrogen-bond donors (Lipinski definition) is 1. The minimum atomic E-state index is -4.49. The van der Waals surface area contributed by atoms with Crippen molar-refractivity contribution >= 4 is 23.2 Å². The highest BCUT2D eigenvalue weighted by molar-refractivity contribution is 6.34. The predicted molar refractivity (Wildman–Crippen MR) is 134 cm³/mol. The summed E-state index contributed by atoms with van der Waals surface area (Å²) in [7, 11) is 0. The molecular formula is C28H24ClF4N3O. The molecule has 1 amide bonds. The molecule has 9 heteroatoms. The van der Waals surface area contributed by atoms with Gasteiger partial charge in [0.15, 0.2) is 0 Å². The molecule has 0 heterocycles. The molecule has 0 atom stereocenters. The van der Waals surface area contributed by atoms with E-state index < -0.39 is 23.5 Å². The van der Waals surface area contributed by atoms with Crippen LogP contribution >= 0.6 is 11.6 Å². The average molecular weight is 530 g/mol. The van der Waals surface area contributed by atoms with Crippen LogP contribution in [0.1, 0.15) is 51.4 Å². The molecule has 4 rings (SSSR count). The molecule has 1 aliphatic rings. The second kappa shape index (κ2) is 11.2. The lowest BCUT2D eigenvalue weighted by Gasteiger charge is -2.25. The van der Waals surface area contributed by atoms with E-state index in [-0.39, 0.29) is 42.3 Å². The number of carbonyl (C=O) groups excluding carboxylic acids is 1. The van der Waals surface area contributed by atoms with Gasteiger partial charge in [0.2, 0.25) is 0 Å². The van der Waals surface area contributed by atoms with Crippen LogP contribution in [0.4, 0.5) is 23.2 Å². The molecule has 192 valence electrons. The second-order valence-electron chi connectivity index (χ2n) is 8.98. The van der Waals surface area contributed by atoms with Crippen molar-refractivity contribution in [1.82, 2.24) is 4.90 Å². The Hall–Kier alpha value is -3.57. The standard InChI is InChI=1S/C28H24ClF4N3O/c29-23-10-11-24(30)25(26(23)35-14-13-34)27(37)36(17-19-4-6-20(7-5-19)21-8-9-21)15-12-18-2-1-3-22(16-18)28(31,32)33/h1-7,10-11,16,21,35H,8-9,12,14-15,17H2. The van der Waals surface area contributed by atoms with Crippen molar-refractivity contribution < 1.29 is 22.4 Å². The van der Waals surface area contributed by atoms with Gasteiger partial charge in [0, 0.05) is 13.1 Å². The quantitative estimate of drug-likeness (QED) is 0.236. The fourth-order valence-corrected chi connectivity index (χ4v) is 4.40. The van der Waals surface area contributed by atoms with Crippen LogP contribution in [0.2, 0.25) is 5.02 Å². The Bertz CT molecular complexity index is 1310. The number of anilines is 1. The molecule has 0 bridgehead atoms. The molecule has 0 radical (unpaired) electrons. The van der Waals surface area contributed by atoms with Gasteiger partial charge in [-0.25, -0.2) is 4.39 Å². The molecule has 0 spiro atoms. The topological polar surface area (TPSA) is 56.1 Å². The molecule has 3 aromatic carbocycles. The molecule has 1 saturated carbocycles. The van der Waals surface area contributed by atoms with Crippen molar-refractivity contribution in [2.24, 2.45) is 0 Å². The van der Waals surface area contributed by atoms with Gasteiger partial charge in [-0.3, -0.25) is 4.79 Å². The number of rotatable bonds is 9. The van der Waals surface area contributed by atoms with Crippen molar-refractivity contribution in [3.8, 4) is 6.07 Å². The van der Waals surface area contributed by atoms with Crippen LogP contribution in [0.15, 0.2) is 60.7 Å². The number of benzene rings is 3. The van der Waals surface area contributed by atoms with E-state index in [0.29, 0.717) is 11.5 Å². The maximum absolute atomic E-state index is 14.9. The van der Waals surface area contributed by atoms with Crippen LogP contribution in [0.3, 0.4) is 0 Å². The van der Waals surface area contributed by atoms with E-state index in [1.807, 2.05) is 30.3 Å². The average Bonchev–Trinajstić information content (AvgIpc) is 3.72. The first-order valence-electron chi connectivity index (χ1n) is 11.8. The Labute approximate surface area is 217 Å². The van der Waals surface area contributed by atoms with Gasteiger partial charge in [-0.2, -0.15) is 18.4 Å². The molecule has 0 unspecified atom stereocenters. The van der Waals surface area contributed by atoms with E-state index >= 15 is 0 Å². The van der Waals surface area contributed by atoms with Crippen LogP contribution < -0.4 is 5.32 Å². The van der Waals surface area contributed by atoms with Gasteiger partial charge >= 0.3 is 6.18 Å². The summed E-state index contributed by atoms with van der Waals surface area (Å²) in [5.41, 5.74) is 1.32. The molecule has 1 aliphatic carbocycles. The van der Waals surface area contributed by atoms with Gasteiger partial charge in [0.25, 0.3) is 5.91 Å². The first kappa shape index (κ1) is 26.5. The highest BCUT2D eigenvalue weighted by Crippen LogP contribution is 2.40. The molecule has 4 nitrogen and oxygen atoms in total. The molecule has 3 aromatic rings. The Morgan fingerprint density at radius 2 is 1.81 bits per heavy atom. The summed E-state index contributed by atoms with van der Waals surface area (Å²) in [4.78, 5) is 15.1. The van der Waals surface area contributed by atoms with E-state index in [1.165, 1.54) is 22.6 Å². The van der Waals surface area contributed by atoms with Crippen LogP contribution in [-0.2, 0) is 19.1 Å². The summed E-state index contributed by atoms with van der Waals surface area (Å²) in [6.07, 6.45) is -2.07. The maximum atomic E-state index is 14.9. The lowest BCUT2D eigenvalue weighted by atomic mass is 10.0. The van der Waals surface area contributed by atoms with Gasteiger partial charge in [0.05, 0.1) is 27.9 Å². The molecule has 0 saturated heterocycles. The number of halogens is 5. The summed E-state index contributed by atoms with van der Waals surface area (Å²) in [5, 5.41) is 11.7. The van der Waals surface area contributed by atoms with Crippen LogP contribution in [-0.4, -0.2) is 23.9 Å². The zero-order chi connectivity index (χ0) is 26.6. The number of nitrogens with one attached hydrogen (secondary N) is 1. The Balaban J connectivity index is 1.63. The number of nitrogens with zero attached hydrogens (tertiary/aromatic N) is 2. The minimum Gasteiger partial charge on any atom is -0.370 e. The lowest BCUT2D eigenvalue weighted by Crippen LogP contribution is -2.34. The maximum Gasteiger partial charge on any atom is 0.416 e. The monoisotopic (exact) mass is 529 g/mol. The molecule has 0 aliphatic heterocycles. The van der Waals surface area contributed by atoms with Crippen molar-refractivity contribution in [3.63, 3.8) is 0 Å². The minimum absolute atomic E-state index is 0.00127.